The molecule has 0 aliphatic carbocycles. The fourth-order valence-electron chi connectivity index (χ4n) is 2.17. The Balaban J connectivity index is 1.90. The van der Waals surface area contributed by atoms with Crippen LogP contribution in [-0.2, 0) is 4.79 Å². The van der Waals surface area contributed by atoms with Gasteiger partial charge in [-0.05, 0) is 30.0 Å². The second kappa shape index (κ2) is 5.07. The lowest BCUT2D eigenvalue weighted by atomic mass is 10.1. The molecule has 98 valence electrons. The van der Waals surface area contributed by atoms with Gasteiger partial charge in [0.25, 0.3) is 0 Å². The fourth-order valence-corrected chi connectivity index (χ4v) is 2.87. The predicted octanol–water partition coefficient (Wildman–Crippen LogP) is 1.52. The molecular weight excluding hydrogens is 260 g/mol. The molecule has 2 N–H and O–H groups in total. The Kier molecular flexibility index (Phi) is 3.27. The van der Waals surface area contributed by atoms with Crippen molar-refractivity contribution in [1.82, 2.24) is 9.97 Å². The maximum Gasteiger partial charge on any atom is 0.232 e. The Morgan fingerprint density at radius 2 is 2.37 bits per heavy atom. The van der Waals surface area contributed by atoms with E-state index in [0.717, 1.165) is 10.6 Å². The van der Waals surface area contributed by atoms with Gasteiger partial charge in [-0.2, -0.15) is 0 Å². The second-order valence-electron chi connectivity index (χ2n) is 4.53. The average molecular weight is 274 g/mol. The Hall–Kier alpha value is -1.79. The smallest absolute Gasteiger partial charge is 0.232 e. The summed E-state index contributed by atoms with van der Waals surface area (Å²) in [4.78, 5) is 23.3. The van der Waals surface area contributed by atoms with Crippen LogP contribution in [0.1, 0.15) is 6.42 Å². The number of amides is 1. The van der Waals surface area contributed by atoms with Crippen molar-refractivity contribution in [2.24, 2.45) is 11.7 Å². The number of carbonyl (C=O) groups is 1. The average Bonchev–Trinajstić information content (AvgIpc) is 3.08. The largest absolute Gasteiger partial charge is 0.330 e. The zero-order chi connectivity index (χ0) is 13.2. The number of anilines is 1. The van der Waals surface area contributed by atoms with Crippen LogP contribution in [0.3, 0.4) is 0 Å². The standard InChI is InChI=1S/C13H14N4OS/c14-7-9-6-12(18)17(8-9)13-15-4-3-10(16-13)11-2-1-5-19-11/h1-5,9H,6-8,14H2. The van der Waals surface area contributed by atoms with Crippen LogP contribution < -0.4 is 10.6 Å². The summed E-state index contributed by atoms with van der Waals surface area (Å²) in [6, 6.07) is 5.84. The van der Waals surface area contributed by atoms with Gasteiger partial charge < -0.3 is 5.73 Å². The number of rotatable bonds is 3. The van der Waals surface area contributed by atoms with Crippen LogP contribution in [0.4, 0.5) is 5.95 Å². The number of thiophene rings is 1. The summed E-state index contributed by atoms with van der Waals surface area (Å²) in [5.74, 6) is 0.743. The Morgan fingerprint density at radius 3 is 3.05 bits per heavy atom. The summed E-state index contributed by atoms with van der Waals surface area (Å²) in [5.41, 5.74) is 6.48. The van der Waals surface area contributed by atoms with Gasteiger partial charge in [0.1, 0.15) is 0 Å². The minimum Gasteiger partial charge on any atom is -0.330 e. The van der Waals surface area contributed by atoms with E-state index >= 15 is 0 Å². The highest BCUT2D eigenvalue weighted by Gasteiger charge is 2.31. The van der Waals surface area contributed by atoms with E-state index in [1.807, 2.05) is 23.6 Å². The summed E-state index contributed by atoms with van der Waals surface area (Å²) < 4.78 is 0. The highest BCUT2D eigenvalue weighted by Crippen LogP contribution is 2.26. The molecule has 1 aliphatic rings. The Morgan fingerprint density at radius 1 is 1.47 bits per heavy atom. The van der Waals surface area contributed by atoms with E-state index in [1.165, 1.54) is 0 Å². The lowest BCUT2D eigenvalue weighted by Crippen LogP contribution is -2.27. The number of nitrogens with two attached hydrogens (primary N) is 1. The van der Waals surface area contributed by atoms with Crippen molar-refractivity contribution < 1.29 is 4.79 Å². The number of nitrogens with zero attached hydrogens (tertiary/aromatic N) is 3. The highest BCUT2D eigenvalue weighted by atomic mass is 32.1. The van der Waals surface area contributed by atoms with Crippen LogP contribution in [0.5, 0.6) is 0 Å². The van der Waals surface area contributed by atoms with Crippen LogP contribution in [0.15, 0.2) is 29.8 Å². The predicted molar refractivity (Wildman–Crippen MR) is 74.9 cm³/mol. The van der Waals surface area contributed by atoms with E-state index in [0.29, 0.717) is 25.5 Å². The summed E-state index contributed by atoms with van der Waals surface area (Å²) in [6.45, 7) is 1.14. The number of aromatic nitrogens is 2. The molecule has 0 radical (unpaired) electrons. The van der Waals surface area contributed by atoms with Gasteiger partial charge >= 0.3 is 0 Å². The van der Waals surface area contributed by atoms with E-state index in [9.17, 15) is 4.79 Å². The summed E-state index contributed by atoms with van der Waals surface area (Å²) in [6.07, 6.45) is 2.18. The molecule has 3 heterocycles. The zero-order valence-electron chi connectivity index (χ0n) is 10.3. The van der Waals surface area contributed by atoms with E-state index in [4.69, 9.17) is 5.73 Å². The summed E-state index contributed by atoms with van der Waals surface area (Å²) >= 11 is 1.62. The van der Waals surface area contributed by atoms with Crippen molar-refractivity contribution in [1.29, 1.82) is 0 Å². The number of hydrogen-bond donors (Lipinski definition) is 1. The molecule has 1 atom stereocenters. The van der Waals surface area contributed by atoms with Crippen molar-refractivity contribution in [2.45, 2.75) is 6.42 Å². The van der Waals surface area contributed by atoms with Gasteiger partial charge in [0.05, 0.1) is 10.6 Å². The second-order valence-corrected chi connectivity index (χ2v) is 5.48. The molecule has 1 amide bonds. The van der Waals surface area contributed by atoms with Crippen LogP contribution in [0.25, 0.3) is 10.6 Å². The first-order valence-corrected chi connectivity index (χ1v) is 7.03. The molecular formula is C13H14N4OS. The third-order valence-corrected chi connectivity index (χ3v) is 4.09. The van der Waals surface area contributed by atoms with E-state index in [2.05, 4.69) is 9.97 Å². The van der Waals surface area contributed by atoms with Gasteiger partial charge in [0, 0.05) is 19.2 Å². The molecule has 0 bridgehead atoms. The SMILES string of the molecule is NCC1CC(=O)N(c2nccc(-c3cccs3)n2)C1. The molecule has 0 aromatic carbocycles. The van der Waals surface area contributed by atoms with Crippen molar-refractivity contribution in [3.05, 3.63) is 29.8 Å². The maximum atomic E-state index is 11.9. The molecule has 2 aromatic heterocycles. The van der Waals surface area contributed by atoms with E-state index in [-0.39, 0.29) is 11.8 Å². The monoisotopic (exact) mass is 274 g/mol. The number of hydrogen-bond acceptors (Lipinski definition) is 5. The van der Waals surface area contributed by atoms with E-state index < -0.39 is 0 Å². The zero-order valence-corrected chi connectivity index (χ0v) is 11.1. The van der Waals surface area contributed by atoms with Gasteiger partial charge in [0.15, 0.2) is 0 Å². The lowest BCUT2D eigenvalue weighted by Gasteiger charge is -2.14. The van der Waals surface area contributed by atoms with Gasteiger partial charge in [-0.15, -0.1) is 11.3 Å². The number of carbonyl (C=O) groups excluding carboxylic acids is 1. The van der Waals surface area contributed by atoms with Crippen LogP contribution in [-0.4, -0.2) is 29.0 Å². The highest BCUT2D eigenvalue weighted by molar-refractivity contribution is 7.13. The topological polar surface area (TPSA) is 72.1 Å². The third-order valence-electron chi connectivity index (χ3n) is 3.20. The minimum absolute atomic E-state index is 0.0544. The van der Waals surface area contributed by atoms with E-state index in [1.54, 1.807) is 22.4 Å². The van der Waals surface area contributed by atoms with Crippen LogP contribution in [0.2, 0.25) is 0 Å². The molecule has 6 heteroatoms. The molecule has 2 aromatic rings. The maximum absolute atomic E-state index is 11.9. The lowest BCUT2D eigenvalue weighted by molar-refractivity contribution is -0.117. The molecule has 3 rings (SSSR count). The molecule has 19 heavy (non-hydrogen) atoms. The Labute approximate surface area is 115 Å². The summed E-state index contributed by atoms with van der Waals surface area (Å²) in [7, 11) is 0. The third kappa shape index (κ3) is 2.36. The molecule has 0 spiro atoms. The molecule has 1 fully saturated rings. The van der Waals surface area contributed by atoms with Crippen molar-refractivity contribution in [3.8, 4) is 10.6 Å². The minimum atomic E-state index is 0.0544. The first-order chi connectivity index (χ1) is 9.28. The first-order valence-electron chi connectivity index (χ1n) is 6.15. The quantitative estimate of drug-likeness (QED) is 0.921. The van der Waals surface area contributed by atoms with Crippen molar-refractivity contribution in [3.63, 3.8) is 0 Å². The Bertz CT molecular complexity index is 584. The molecule has 1 saturated heterocycles. The van der Waals surface area contributed by atoms with Gasteiger partial charge in [-0.1, -0.05) is 6.07 Å². The van der Waals surface area contributed by atoms with Gasteiger partial charge in [-0.3, -0.25) is 9.69 Å². The summed E-state index contributed by atoms with van der Waals surface area (Å²) in [5, 5.41) is 2.00. The van der Waals surface area contributed by atoms with Crippen molar-refractivity contribution in [2.75, 3.05) is 18.0 Å². The van der Waals surface area contributed by atoms with Gasteiger partial charge in [0.2, 0.25) is 11.9 Å². The van der Waals surface area contributed by atoms with Crippen LogP contribution in [0, 0.1) is 5.92 Å². The molecule has 1 aliphatic heterocycles. The van der Waals surface area contributed by atoms with Gasteiger partial charge in [-0.25, -0.2) is 9.97 Å². The fraction of sp³-hybridized carbons (Fsp3) is 0.308. The molecule has 5 nitrogen and oxygen atoms in total. The molecule has 1 unspecified atom stereocenters. The normalized spacial score (nSPS) is 19.1. The van der Waals surface area contributed by atoms with Crippen LogP contribution >= 0.6 is 11.3 Å². The van der Waals surface area contributed by atoms with Crippen molar-refractivity contribution >= 4 is 23.2 Å². The molecule has 0 saturated carbocycles. The first kappa shape index (κ1) is 12.3.